The first-order valence-electron chi connectivity index (χ1n) is 5.03. The first kappa shape index (κ1) is 15.0. The topological polar surface area (TPSA) is 9.23 Å². The van der Waals surface area contributed by atoms with Gasteiger partial charge in [-0.1, -0.05) is 58.0 Å². The summed E-state index contributed by atoms with van der Waals surface area (Å²) in [5.74, 6) is 0.807. The van der Waals surface area contributed by atoms with Crippen LogP contribution in [-0.2, 0) is 0 Å². The zero-order chi connectivity index (χ0) is 11.3. The van der Waals surface area contributed by atoms with Crippen molar-refractivity contribution in [2.45, 2.75) is 28.2 Å². The van der Waals surface area contributed by atoms with Crippen LogP contribution in [0.2, 0.25) is 5.02 Å². The number of allylic oxidation sites excluding steroid dienone is 1. The summed E-state index contributed by atoms with van der Waals surface area (Å²) in [4.78, 5) is 0. The van der Waals surface area contributed by atoms with Crippen molar-refractivity contribution in [3.63, 3.8) is 0 Å². The average molecular weight is 241 g/mol. The van der Waals surface area contributed by atoms with Gasteiger partial charge in [-0.25, -0.2) is 0 Å². The second kappa shape index (κ2) is 6.59. The normalized spacial score (nSPS) is 11.2. The number of hydrogen-bond acceptors (Lipinski definition) is 1. The van der Waals surface area contributed by atoms with Crippen molar-refractivity contribution in [3.8, 4) is 5.75 Å². The molecule has 2 heteroatoms. The van der Waals surface area contributed by atoms with Gasteiger partial charge in [0, 0.05) is 5.02 Å². The molecule has 0 spiro atoms. The summed E-state index contributed by atoms with van der Waals surface area (Å²) < 4.78 is 5.51. The number of benzene rings is 1. The first-order valence-corrected chi connectivity index (χ1v) is 5.41. The van der Waals surface area contributed by atoms with Gasteiger partial charge in [0.1, 0.15) is 12.4 Å². The second-order valence-corrected chi connectivity index (χ2v) is 4.97. The summed E-state index contributed by atoms with van der Waals surface area (Å²) >= 11 is 5.83. The fourth-order valence-electron chi connectivity index (χ4n) is 1.10. The van der Waals surface area contributed by atoms with E-state index < -0.39 is 0 Å². The molecule has 1 aromatic rings. The minimum atomic E-state index is 0. The fraction of sp³-hybridized carbons (Fsp3) is 0.429. The molecule has 1 rings (SSSR count). The summed E-state index contributed by atoms with van der Waals surface area (Å²) in [7, 11) is 0. The van der Waals surface area contributed by atoms with E-state index in [0.717, 1.165) is 5.75 Å². The lowest BCUT2D eigenvalue weighted by molar-refractivity contribution is 0.360. The SMILES string of the molecule is C.CC(C)(C)/C=C/COc1cccc(Cl)c1. The Bertz CT molecular complexity index is 337. The maximum Gasteiger partial charge on any atom is 0.121 e. The molecule has 1 aromatic carbocycles. The van der Waals surface area contributed by atoms with Gasteiger partial charge in [-0.2, -0.15) is 0 Å². The van der Waals surface area contributed by atoms with Crippen LogP contribution < -0.4 is 4.74 Å². The molecule has 0 fully saturated rings. The standard InChI is InChI=1S/C13H17ClO.CH4/c1-13(2,3)8-5-9-15-12-7-4-6-11(14)10-12;/h4-8,10H,9H2,1-3H3;1H4/b8-5+;. The van der Waals surface area contributed by atoms with Gasteiger partial charge in [-0.15, -0.1) is 0 Å². The largest absolute Gasteiger partial charge is 0.489 e. The maximum absolute atomic E-state index is 5.83. The second-order valence-electron chi connectivity index (χ2n) is 4.54. The van der Waals surface area contributed by atoms with Crippen LogP contribution in [-0.4, -0.2) is 6.61 Å². The van der Waals surface area contributed by atoms with E-state index in [1.165, 1.54) is 0 Å². The van der Waals surface area contributed by atoms with Crippen molar-refractivity contribution in [2.24, 2.45) is 5.41 Å². The molecule has 0 N–H and O–H groups in total. The summed E-state index contributed by atoms with van der Waals surface area (Å²) in [5.41, 5.74) is 0.206. The molecule has 0 aliphatic heterocycles. The van der Waals surface area contributed by atoms with Crippen molar-refractivity contribution in [1.29, 1.82) is 0 Å². The molecule has 1 nitrogen and oxygen atoms in total. The Kier molecular flexibility index (Phi) is 6.20. The third kappa shape index (κ3) is 6.52. The van der Waals surface area contributed by atoms with Gasteiger partial charge in [0.15, 0.2) is 0 Å². The van der Waals surface area contributed by atoms with Crippen LogP contribution in [0.25, 0.3) is 0 Å². The predicted octanol–water partition coefficient (Wildman–Crippen LogP) is 4.96. The van der Waals surface area contributed by atoms with E-state index in [2.05, 4.69) is 26.8 Å². The molecule has 0 aliphatic rings. The van der Waals surface area contributed by atoms with Crippen LogP contribution >= 0.6 is 11.6 Å². The van der Waals surface area contributed by atoms with Crippen molar-refractivity contribution in [2.75, 3.05) is 6.61 Å². The lowest BCUT2D eigenvalue weighted by Crippen LogP contribution is -2.01. The molecule has 0 bridgehead atoms. The lowest BCUT2D eigenvalue weighted by atomic mass is 9.96. The summed E-state index contributed by atoms with van der Waals surface area (Å²) in [6.07, 6.45) is 4.17. The highest BCUT2D eigenvalue weighted by Gasteiger charge is 2.02. The van der Waals surface area contributed by atoms with E-state index in [0.29, 0.717) is 11.6 Å². The smallest absolute Gasteiger partial charge is 0.121 e. The third-order valence-corrected chi connectivity index (χ3v) is 2.00. The number of ether oxygens (including phenoxy) is 1. The van der Waals surface area contributed by atoms with Crippen LogP contribution in [0.15, 0.2) is 36.4 Å². The molecule has 0 heterocycles. The van der Waals surface area contributed by atoms with Crippen LogP contribution in [0.5, 0.6) is 5.75 Å². The zero-order valence-electron chi connectivity index (χ0n) is 9.46. The monoisotopic (exact) mass is 240 g/mol. The van der Waals surface area contributed by atoms with Gasteiger partial charge in [-0.05, 0) is 23.6 Å². The Hall–Kier alpha value is -0.950. The van der Waals surface area contributed by atoms with Gasteiger partial charge in [0.05, 0.1) is 0 Å². The highest BCUT2D eigenvalue weighted by molar-refractivity contribution is 6.30. The van der Waals surface area contributed by atoms with Gasteiger partial charge in [0.25, 0.3) is 0 Å². The molecule has 0 aromatic heterocycles. The summed E-state index contributed by atoms with van der Waals surface area (Å²) in [5, 5.41) is 0.701. The molecule has 0 radical (unpaired) electrons. The molecule has 0 amide bonds. The van der Waals surface area contributed by atoms with E-state index in [1.807, 2.05) is 30.3 Å². The highest BCUT2D eigenvalue weighted by atomic mass is 35.5. The lowest BCUT2D eigenvalue weighted by Gasteiger charge is -2.11. The van der Waals surface area contributed by atoms with Gasteiger partial charge in [-0.3, -0.25) is 0 Å². The van der Waals surface area contributed by atoms with E-state index >= 15 is 0 Å². The van der Waals surface area contributed by atoms with Crippen LogP contribution in [0.1, 0.15) is 28.2 Å². The zero-order valence-corrected chi connectivity index (χ0v) is 10.2. The van der Waals surface area contributed by atoms with Crippen molar-refractivity contribution >= 4 is 11.6 Å². The molecular weight excluding hydrogens is 220 g/mol. The van der Waals surface area contributed by atoms with Crippen LogP contribution in [0, 0.1) is 5.41 Å². The molecule has 90 valence electrons. The first-order chi connectivity index (χ1) is 6.97. The summed E-state index contributed by atoms with van der Waals surface area (Å²) in [6.45, 7) is 7.05. The van der Waals surface area contributed by atoms with Crippen molar-refractivity contribution < 1.29 is 4.74 Å². The molecular formula is C14H21ClO. The number of halogens is 1. The van der Waals surface area contributed by atoms with E-state index in [4.69, 9.17) is 16.3 Å². The van der Waals surface area contributed by atoms with Gasteiger partial charge < -0.3 is 4.74 Å². The van der Waals surface area contributed by atoms with Crippen molar-refractivity contribution in [3.05, 3.63) is 41.4 Å². The number of hydrogen-bond donors (Lipinski definition) is 0. The minimum Gasteiger partial charge on any atom is -0.489 e. The van der Waals surface area contributed by atoms with Gasteiger partial charge >= 0.3 is 0 Å². The maximum atomic E-state index is 5.83. The molecule has 0 aliphatic carbocycles. The Morgan fingerprint density at radius 1 is 1.31 bits per heavy atom. The Morgan fingerprint density at radius 2 is 2.00 bits per heavy atom. The molecule has 0 saturated carbocycles. The number of rotatable bonds is 3. The molecule has 0 saturated heterocycles. The Morgan fingerprint density at radius 3 is 2.56 bits per heavy atom. The average Bonchev–Trinajstić information content (AvgIpc) is 2.11. The van der Waals surface area contributed by atoms with Crippen LogP contribution in [0.3, 0.4) is 0 Å². The van der Waals surface area contributed by atoms with E-state index in [-0.39, 0.29) is 12.8 Å². The van der Waals surface area contributed by atoms with E-state index in [9.17, 15) is 0 Å². The van der Waals surface area contributed by atoms with Gasteiger partial charge in [0.2, 0.25) is 0 Å². The summed E-state index contributed by atoms with van der Waals surface area (Å²) in [6, 6.07) is 7.42. The molecule has 0 atom stereocenters. The third-order valence-electron chi connectivity index (χ3n) is 1.76. The highest BCUT2D eigenvalue weighted by Crippen LogP contribution is 2.18. The molecule has 0 unspecified atom stereocenters. The van der Waals surface area contributed by atoms with Crippen molar-refractivity contribution in [1.82, 2.24) is 0 Å². The Labute approximate surface area is 104 Å². The van der Waals surface area contributed by atoms with Crippen LogP contribution in [0.4, 0.5) is 0 Å². The Balaban J connectivity index is 0.00000225. The quantitative estimate of drug-likeness (QED) is 0.679. The minimum absolute atomic E-state index is 0. The predicted molar refractivity (Wildman–Crippen MR) is 72.3 cm³/mol. The van der Waals surface area contributed by atoms with E-state index in [1.54, 1.807) is 0 Å². The fourth-order valence-corrected chi connectivity index (χ4v) is 1.28. The molecule has 16 heavy (non-hydrogen) atoms.